The number of pyridine rings is 1. The number of hydrogen-bond donors (Lipinski definition) is 1. The lowest BCUT2D eigenvalue weighted by atomic mass is 10.3. The first-order chi connectivity index (χ1) is 8.74. The number of aromatic nitrogens is 5. The van der Waals surface area contributed by atoms with Crippen LogP contribution in [0.4, 0.5) is 0 Å². The van der Waals surface area contributed by atoms with Gasteiger partial charge in [-0.15, -0.1) is 5.10 Å². The molecule has 3 aromatic heterocycles. The van der Waals surface area contributed by atoms with Crippen molar-refractivity contribution in [3.8, 4) is 11.5 Å². The van der Waals surface area contributed by atoms with E-state index in [0.29, 0.717) is 17.3 Å². The smallest absolute Gasteiger partial charge is 0.252 e. The van der Waals surface area contributed by atoms with E-state index in [0.717, 1.165) is 0 Å². The average molecular weight is 240 g/mol. The van der Waals surface area contributed by atoms with Crippen molar-refractivity contribution in [1.82, 2.24) is 24.6 Å². The fourth-order valence-electron chi connectivity index (χ4n) is 1.51. The molecule has 1 amide bonds. The van der Waals surface area contributed by atoms with Crippen LogP contribution in [0.1, 0.15) is 10.4 Å². The predicted molar refractivity (Wildman–Crippen MR) is 62.5 cm³/mol. The maximum atomic E-state index is 11.0. The molecule has 0 saturated carbocycles. The van der Waals surface area contributed by atoms with Gasteiger partial charge in [-0.3, -0.25) is 9.78 Å². The fraction of sp³-hybridized carbons (Fsp3) is 0. The summed E-state index contributed by atoms with van der Waals surface area (Å²) >= 11 is 0. The van der Waals surface area contributed by atoms with Crippen LogP contribution in [-0.4, -0.2) is 30.5 Å². The van der Waals surface area contributed by atoms with E-state index >= 15 is 0 Å². The summed E-state index contributed by atoms with van der Waals surface area (Å²) in [6, 6.07) is 5.45. The molecule has 3 aromatic rings. The Bertz CT molecular complexity index is 721. The van der Waals surface area contributed by atoms with Gasteiger partial charge < -0.3 is 5.73 Å². The molecule has 0 atom stereocenters. The summed E-state index contributed by atoms with van der Waals surface area (Å²) in [6.07, 6.45) is 4.52. The second-order valence-electron chi connectivity index (χ2n) is 3.60. The highest BCUT2D eigenvalue weighted by Crippen LogP contribution is 2.11. The number of nitrogens with two attached hydrogens (primary N) is 1. The van der Waals surface area contributed by atoms with Crippen molar-refractivity contribution in [2.24, 2.45) is 5.73 Å². The summed E-state index contributed by atoms with van der Waals surface area (Å²) in [5, 5.41) is 4.20. The summed E-state index contributed by atoms with van der Waals surface area (Å²) in [5.74, 6) is 0.282. The Balaban J connectivity index is 2.14. The van der Waals surface area contributed by atoms with Crippen molar-refractivity contribution in [2.75, 3.05) is 0 Å². The quantitative estimate of drug-likeness (QED) is 0.693. The third kappa shape index (κ3) is 1.67. The average Bonchev–Trinajstić information content (AvgIpc) is 2.82. The monoisotopic (exact) mass is 240 g/mol. The molecule has 0 aliphatic rings. The SMILES string of the molecule is NC(=O)c1cnc2nc(-c3ccccn3)nn2c1. The first-order valence-electron chi connectivity index (χ1n) is 5.18. The van der Waals surface area contributed by atoms with Crippen molar-refractivity contribution in [1.29, 1.82) is 0 Å². The molecule has 0 bridgehead atoms. The molecule has 18 heavy (non-hydrogen) atoms. The lowest BCUT2D eigenvalue weighted by Crippen LogP contribution is -2.12. The summed E-state index contributed by atoms with van der Waals surface area (Å²) in [6.45, 7) is 0. The number of carbonyl (C=O) groups is 1. The normalized spacial score (nSPS) is 10.7. The Morgan fingerprint density at radius 3 is 2.89 bits per heavy atom. The molecule has 0 fully saturated rings. The number of primary amides is 1. The molecule has 7 nitrogen and oxygen atoms in total. The van der Waals surface area contributed by atoms with Crippen molar-refractivity contribution in [3.63, 3.8) is 0 Å². The second-order valence-corrected chi connectivity index (χ2v) is 3.60. The van der Waals surface area contributed by atoms with Gasteiger partial charge in [0.1, 0.15) is 5.69 Å². The van der Waals surface area contributed by atoms with E-state index < -0.39 is 5.91 Å². The maximum Gasteiger partial charge on any atom is 0.252 e. The Hall–Kier alpha value is -2.83. The summed E-state index contributed by atoms with van der Waals surface area (Å²) in [5.41, 5.74) is 6.09. The first kappa shape index (κ1) is 10.3. The van der Waals surface area contributed by atoms with E-state index in [1.165, 1.54) is 16.9 Å². The van der Waals surface area contributed by atoms with Gasteiger partial charge in [-0.05, 0) is 12.1 Å². The molecule has 0 unspecified atom stereocenters. The molecule has 0 saturated heterocycles. The van der Waals surface area contributed by atoms with Crippen LogP contribution in [-0.2, 0) is 0 Å². The van der Waals surface area contributed by atoms with Crippen molar-refractivity contribution < 1.29 is 4.79 Å². The van der Waals surface area contributed by atoms with Gasteiger partial charge in [-0.2, -0.15) is 4.98 Å². The van der Waals surface area contributed by atoms with Gasteiger partial charge in [0, 0.05) is 18.6 Å². The van der Waals surface area contributed by atoms with Crippen LogP contribution in [0.2, 0.25) is 0 Å². The number of carbonyl (C=O) groups excluding carboxylic acids is 1. The zero-order valence-electron chi connectivity index (χ0n) is 9.19. The van der Waals surface area contributed by atoms with E-state index in [4.69, 9.17) is 5.73 Å². The van der Waals surface area contributed by atoms with E-state index in [1.807, 2.05) is 12.1 Å². The van der Waals surface area contributed by atoms with Gasteiger partial charge >= 0.3 is 0 Å². The van der Waals surface area contributed by atoms with E-state index in [1.54, 1.807) is 12.3 Å². The molecular weight excluding hydrogens is 232 g/mol. The van der Waals surface area contributed by atoms with E-state index in [2.05, 4.69) is 20.1 Å². The maximum absolute atomic E-state index is 11.0. The standard InChI is InChI=1S/C11H8N6O/c12-9(18)7-5-14-11-15-10(16-17(11)6-7)8-3-1-2-4-13-8/h1-6H,(H2,12,18). The van der Waals surface area contributed by atoms with E-state index in [-0.39, 0.29) is 5.56 Å². The van der Waals surface area contributed by atoms with Crippen molar-refractivity contribution in [3.05, 3.63) is 42.4 Å². The molecular formula is C11H8N6O. The molecule has 3 heterocycles. The molecule has 88 valence electrons. The molecule has 3 rings (SSSR count). The fourth-order valence-corrected chi connectivity index (χ4v) is 1.51. The number of nitrogens with zero attached hydrogens (tertiary/aromatic N) is 5. The zero-order chi connectivity index (χ0) is 12.5. The molecule has 7 heteroatoms. The minimum absolute atomic E-state index is 0.278. The number of rotatable bonds is 2. The van der Waals surface area contributed by atoms with Gasteiger partial charge in [-0.25, -0.2) is 9.50 Å². The molecule has 0 aliphatic heterocycles. The minimum Gasteiger partial charge on any atom is -0.366 e. The zero-order valence-corrected chi connectivity index (χ0v) is 9.19. The number of hydrogen-bond acceptors (Lipinski definition) is 5. The highest BCUT2D eigenvalue weighted by molar-refractivity contribution is 5.92. The number of amides is 1. The second kappa shape index (κ2) is 3.88. The Morgan fingerprint density at radius 1 is 1.28 bits per heavy atom. The summed E-state index contributed by atoms with van der Waals surface area (Å²) in [4.78, 5) is 23.4. The lowest BCUT2D eigenvalue weighted by Gasteiger charge is -1.93. The predicted octanol–water partition coefficient (Wildman–Crippen LogP) is 0.285. The van der Waals surface area contributed by atoms with Gasteiger partial charge in [0.15, 0.2) is 0 Å². The summed E-state index contributed by atoms with van der Waals surface area (Å²) < 4.78 is 1.41. The van der Waals surface area contributed by atoms with Crippen LogP contribution in [0.3, 0.4) is 0 Å². The molecule has 2 N–H and O–H groups in total. The van der Waals surface area contributed by atoms with Crippen molar-refractivity contribution >= 4 is 11.7 Å². The molecule has 0 aliphatic carbocycles. The van der Waals surface area contributed by atoms with Gasteiger partial charge in [-0.1, -0.05) is 6.07 Å². The van der Waals surface area contributed by atoms with E-state index in [9.17, 15) is 4.79 Å². The number of fused-ring (bicyclic) bond motifs is 1. The molecule has 0 radical (unpaired) electrons. The molecule has 0 spiro atoms. The largest absolute Gasteiger partial charge is 0.366 e. The molecule has 0 aromatic carbocycles. The third-order valence-electron chi connectivity index (χ3n) is 2.37. The summed E-state index contributed by atoms with van der Waals surface area (Å²) in [7, 11) is 0. The highest BCUT2D eigenvalue weighted by atomic mass is 16.1. The first-order valence-corrected chi connectivity index (χ1v) is 5.18. The van der Waals surface area contributed by atoms with Crippen LogP contribution in [0, 0.1) is 0 Å². The lowest BCUT2D eigenvalue weighted by molar-refractivity contribution is 0.0999. The van der Waals surface area contributed by atoms with Crippen molar-refractivity contribution in [2.45, 2.75) is 0 Å². The van der Waals surface area contributed by atoms with Gasteiger partial charge in [0.25, 0.3) is 11.7 Å². The third-order valence-corrected chi connectivity index (χ3v) is 2.37. The highest BCUT2D eigenvalue weighted by Gasteiger charge is 2.09. The van der Waals surface area contributed by atoms with Crippen LogP contribution in [0.25, 0.3) is 17.3 Å². The Labute approximate surface area is 101 Å². The topological polar surface area (TPSA) is 99.1 Å². The Kier molecular flexibility index (Phi) is 2.23. The Morgan fingerprint density at radius 2 is 2.17 bits per heavy atom. The van der Waals surface area contributed by atoms with Crippen LogP contribution < -0.4 is 5.73 Å². The van der Waals surface area contributed by atoms with Crippen LogP contribution in [0.15, 0.2) is 36.8 Å². The minimum atomic E-state index is -0.556. The van der Waals surface area contributed by atoms with Crippen LogP contribution in [0.5, 0.6) is 0 Å². The van der Waals surface area contributed by atoms with Crippen LogP contribution >= 0.6 is 0 Å². The van der Waals surface area contributed by atoms with Gasteiger partial charge in [0.2, 0.25) is 5.82 Å². The van der Waals surface area contributed by atoms with Gasteiger partial charge in [0.05, 0.1) is 5.56 Å².